The van der Waals surface area contributed by atoms with Gasteiger partial charge in [0, 0.05) is 24.9 Å². The maximum atomic E-state index is 13.2. The van der Waals surface area contributed by atoms with Crippen LogP contribution < -0.4 is 10.6 Å². The number of nitrogens with one attached hydrogen (secondary N) is 2. The quantitative estimate of drug-likeness (QED) is 0.346. The summed E-state index contributed by atoms with van der Waals surface area (Å²) in [6, 6.07) is 14.2. The van der Waals surface area contributed by atoms with Crippen LogP contribution in [-0.4, -0.2) is 44.8 Å². The molecule has 0 aliphatic carbocycles. The molecule has 3 rings (SSSR count). The van der Waals surface area contributed by atoms with Gasteiger partial charge in [-0.15, -0.1) is 0 Å². The summed E-state index contributed by atoms with van der Waals surface area (Å²) in [7, 11) is 1.74. The van der Waals surface area contributed by atoms with Crippen LogP contribution in [0.4, 0.5) is 5.82 Å². The molecule has 0 bridgehead atoms. The lowest BCUT2D eigenvalue weighted by atomic mass is 10.1. The van der Waals surface area contributed by atoms with Crippen LogP contribution in [0.3, 0.4) is 0 Å². The fourth-order valence-electron chi connectivity index (χ4n) is 3.19. The second-order valence-corrected chi connectivity index (χ2v) is 8.99. The summed E-state index contributed by atoms with van der Waals surface area (Å²) in [6.07, 6.45) is 2.00. The number of aryl methyl sites for hydroxylation is 1. The largest absolute Gasteiger partial charge is 0.459 e. The molecular weight excluding hydrogens is 466 g/mol. The van der Waals surface area contributed by atoms with E-state index in [0.29, 0.717) is 23.1 Å². The van der Waals surface area contributed by atoms with E-state index in [4.69, 9.17) is 16.3 Å². The molecule has 3 aromatic rings. The molecule has 0 radical (unpaired) electrons. The fraction of sp³-hybridized carbons (Fsp3) is 0.385. The van der Waals surface area contributed by atoms with Crippen LogP contribution in [0.25, 0.3) is 11.3 Å². The van der Waals surface area contributed by atoms with E-state index in [1.807, 2.05) is 44.2 Å². The first-order chi connectivity index (χ1) is 16.6. The van der Waals surface area contributed by atoms with Crippen molar-refractivity contribution in [2.75, 3.05) is 11.9 Å². The van der Waals surface area contributed by atoms with Crippen molar-refractivity contribution in [1.29, 1.82) is 0 Å². The highest BCUT2D eigenvalue weighted by molar-refractivity contribution is 6.29. The van der Waals surface area contributed by atoms with E-state index in [-0.39, 0.29) is 12.5 Å². The van der Waals surface area contributed by atoms with Crippen molar-refractivity contribution in [1.82, 2.24) is 20.1 Å². The first kappa shape index (κ1) is 28.0. The molecule has 9 heteroatoms. The lowest BCUT2D eigenvalue weighted by molar-refractivity contribution is -0.153. The van der Waals surface area contributed by atoms with Gasteiger partial charge in [0.2, 0.25) is 5.91 Å². The van der Waals surface area contributed by atoms with Gasteiger partial charge in [-0.1, -0.05) is 55.8 Å². The van der Waals surface area contributed by atoms with Gasteiger partial charge in [0.25, 0.3) is 0 Å². The molecule has 1 aromatic carbocycles. The minimum Gasteiger partial charge on any atom is -0.459 e. The van der Waals surface area contributed by atoms with E-state index < -0.39 is 17.6 Å². The third-order valence-corrected chi connectivity index (χ3v) is 4.87. The third kappa shape index (κ3) is 9.15. The Morgan fingerprint density at radius 1 is 1.11 bits per heavy atom. The summed E-state index contributed by atoms with van der Waals surface area (Å²) >= 11 is 5.98. The minimum absolute atomic E-state index is 0.0889. The van der Waals surface area contributed by atoms with Crippen molar-refractivity contribution in [2.45, 2.75) is 52.7 Å². The standard InChI is InChI=1S/C24H28ClN5O3.C2H6/c1-24(2,3)33-22(31)15-27-19(12-16-8-6-5-7-9-16)23(32)28-21-14-18(29-30(21)4)17-10-11-26-20(25)13-17;1-2/h5-11,13-14,19,27H,12,15H2,1-4H3,(H,28,32);1-2H3. The van der Waals surface area contributed by atoms with Crippen LogP contribution in [0, 0.1) is 0 Å². The summed E-state index contributed by atoms with van der Waals surface area (Å²) in [5.74, 6) is -0.199. The number of nitrogens with zero attached hydrogens (tertiary/aromatic N) is 3. The van der Waals surface area contributed by atoms with Gasteiger partial charge < -0.3 is 10.1 Å². The molecule has 0 saturated carbocycles. The van der Waals surface area contributed by atoms with Crippen molar-refractivity contribution in [3.8, 4) is 11.3 Å². The second-order valence-electron chi connectivity index (χ2n) is 8.60. The number of benzene rings is 1. The highest BCUT2D eigenvalue weighted by atomic mass is 35.5. The Balaban J connectivity index is 0.00000210. The smallest absolute Gasteiger partial charge is 0.320 e. The molecule has 2 N–H and O–H groups in total. The molecule has 0 spiro atoms. The maximum Gasteiger partial charge on any atom is 0.320 e. The lowest BCUT2D eigenvalue weighted by Crippen LogP contribution is -2.45. The number of halogens is 1. The zero-order chi connectivity index (χ0) is 26.0. The summed E-state index contributed by atoms with van der Waals surface area (Å²) in [4.78, 5) is 29.3. The minimum atomic E-state index is -0.659. The number of carbonyl (C=O) groups excluding carboxylic acids is 2. The molecular formula is C26H34ClN5O3. The molecule has 1 atom stereocenters. The summed E-state index contributed by atoms with van der Waals surface area (Å²) < 4.78 is 6.93. The first-order valence-corrected chi connectivity index (χ1v) is 11.9. The van der Waals surface area contributed by atoms with Crippen molar-refractivity contribution in [3.05, 3.63) is 65.4 Å². The molecule has 188 valence electrons. The molecule has 0 aliphatic heterocycles. The number of anilines is 1. The van der Waals surface area contributed by atoms with Crippen LogP contribution in [0.5, 0.6) is 0 Å². The van der Waals surface area contributed by atoms with Crippen molar-refractivity contribution in [2.24, 2.45) is 7.05 Å². The zero-order valence-corrected chi connectivity index (χ0v) is 21.9. The normalized spacial score (nSPS) is 11.7. The second kappa shape index (κ2) is 13.0. The predicted octanol–water partition coefficient (Wildman–Crippen LogP) is 4.64. The Hall–Kier alpha value is -3.23. The van der Waals surface area contributed by atoms with Gasteiger partial charge >= 0.3 is 5.97 Å². The van der Waals surface area contributed by atoms with E-state index >= 15 is 0 Å². The Kier molecular flexibility index (Phi) is 10.4. The first-order valence-electron chi connectivity index (χ1n) is 11.6. The number of ether oxygens (including phenoxy) is 1. The van der Waals surface area contributed by atoms with Gasteiger partial charge in [-0.3, -0.25) is 19.6 Å². The van der Waals surface area contributed by atoms with Gasteiger partial charge in [-0.25, -0.2) is 4.98 Å². The molecule has 2 aromatic heterocycles. The molecule has 2 heterocycles. The van der Waals surface area contributed by atoms with Gasteiger partial charge in [0.05, 0.1) is 18.3 Å². The number of pyridine rings is 1. The van der Waals surface area contributed by atoms with E-state index in [2.05, 4.69) is 20.7 Å². The third-order valence-electron chi connectivity index (χ3n) is 4.67. The van der Waals surface area contributed by atoms with E-state index in [9.17, 15) is 9.59 Å². The summed E-state index contributed by atoms with van der Waals surface area (Å²) in [5.41, 5.74) is 1.80. The van der Waals surface area contributed by atoms with Gasteiger partial charge in [0.1, 0.15) is 16.6 Å². The SMILES string of the molecule is CC.Cn1nc(-c2ccnc(Cl)c2)cc1NC(=O)C(Cc1ccccc1)NCC(=O)OC(C)(C)C. The van der Waals surface area contributed by atoms with Gasteiger partial charge in [0.15, 0.2) is 0 Å². The number of rotatable bonds is 8. The summed E-state index contributed by atoms with van der Waals surface area (Å²) in [5, 5.41) is 10.8. The van der Waals surface area contributed by atoms with Crippen LogP contribution in [-0.2, 0) is 27.8 Å². The lowest BCUT2D eigenvalue weighted by Gasteiger charge is -2.22. The number of carbonyl (C=O) groups is 2. The van der Waals surface area contributed by atoms with E-state index in [1.165, 1.54) is 0 Å². The number of hydrogen-bond acceptors (Lipinski definition) is 6. The highest BCUT2D eigenvalue weighted by Gasteiger charge is 2.23. The van der Waals surface area contributed by atoms with E-state index in [0.717, 1.165) is 11.1 Å². The van der Waals surface area contributed by atoms with Crippen LogP contribution >= 0.6 is 11.6 Å². The molecule has 0 saturated heterocycles. The van der Waals surface area contributed by atoms with E-state index in [1.54, 1.807) is 56.9 Å². The van der Waals surface area contributed by atoms with Gasteiger partial charge in [-0.2, -0.15) is 5.10 Å². The van der Waals surface area contributed by atoms with Crippen molar-refractivity contribution < 1.29 is 14.3 Å². The average Bonchev–Trinajstić information content (AvgIpc) is 3.17. The number of aromatic nitrogens is 3. The zero-order valence-electron chi connectivity index (χ0n) is 21.1. The fourth-order valence-corrected chi connectivity index (χ4v) is 3.37. The molecule has 0 fully saturated rings. The monoisotopic (exact) mass is 499 g/mol. The van der Waals surface area contributed by atoms with Crippen molar-refractivity contribution >= 4 is 29.3 Å². The Morgan fingerprint density at radius 2 is 1.80 bits per heavy atom. The predicted molar refractivity (Wildman–Crippen MR) is 139 cm³/mol. The average molecular weight is 500 g/mol. The maximum absolute atomic E-state index is 13.2. The van der Waals surface area contributed by atoms with Crippen LogP contribution in [0.2, 0.25) is 5.15 Å². The molecule has 0 aliphatic rings. The van der Waals surface area contributed by atoms with Crippen LogP contribution in [0.1, 0.15) is 40.2 Å². The Morgan fingerprint density at radius 3 is 2.43 bits per heavy atom. The Labute approximate surface area is 212 Å². The molecule has 1 unspecified atom stereocenters. The molecule has 8 nitrogen and oxygen atoms in total. The highest BCUT2D eigenvalue weighted by Crippen LogP contribution is 2.23. The number of esters is 1. The van der Waals surface area contributed by atoms with Gasteiger partial charge in [-0.05, 0) is 44.9 Å². The number of amides is 1. The molecule has 1 amide bonds. The van der Waals surface area contributed by atoms with Crippen molar-refractivity contribution in [3.63, 3.8) is 0 Å². The topological polar surface area (TPSA) is 98.1 Å². The number of hydrogen-bond donors (Lipinski definition) is 2. The Bertz CT molecular complexity index is 1110. The summed E-state index contributed by atoms with van der Waals surface area (Å²) in [6.45, 7) is 9.31. The molecule has 35 heavy (non-hydrogen) atoms. The van der Waals surface area contributed by atoms with Crippen LogP contribution in [0.15, 0.2) is 54.7 Å².